The van der Waals surface area contributed by atoms with Crippen LogP contribution in [-0.4, -0.2) is 155 Å². The lowest BCUT2D eigenvalue weighted by Crippen LogP contribution is -2.20. The van der Waals surface area contributed by atoms with Crippen molar-refractivity contribution < 1.29 is 75.8 Å². The maximum atomic E-state index is 6.11. The van der Waals surface area contributed by atoms with Gasteiger partial charge in [0.05, 0.1) is 52.9 Å². The Morgan fingerprint density at radius 2 is 0.632 bits per heavy atom. The Bertz CT molecular complexity index is 2400. The average Bonchev–Trinajstić information content (AvgIpc) is 4.21. The van der Waals surface area contributed by atoms with E-state index in [-0.39, 0.29) is 41.3 Å². The summed E-state index contributed by atoms with van der Waals surface area (Å²) in [6.45, 7) is 33.0. The van der Waals surface area contributed by atoms with Gasteiger partial charge in [-0.15, -0.1) is 0 Å². The highest BCUT2D eigenvalue weighted by molar-refractivity contribution is 5.53. The maximum absolute atomic E-state index is 6.11. The predicted molar refractivity (Wildman–Crippen MR) is 284 cm³/mol. The third-order valence-corrected chi connectivity index (χ3v) is 13.3. The Morgan fingerprint density at radius 1 is 0.329 bits per heavy atom. The fourth-order valence-electron chi connectivity index (χ4n) is 7.66. The molecule has 4 aromatic rings. The van der Waals surface area contributed by atoms with Gasteiger partial charge in [-0.05, 0) is 121 Å². The Labute approximate surface area is 449 Å². The van der Waals surface area contributed by atoms with Gasteiger partial charge in [0.15, 0.2) is 0 Å². The summed E-state index contributed by atoms with van der Waals surface area (Å²) in [5.41, 5.74) is 6.76. The minimum Gasteiger partial charge on any atom is -0.491 e. The summed E-state index contributed by atoms with van der Waals surface area (Å²) in [5, 5.41) is 0. The van der Waals surface area contributed by atoms with E-state index >= 15 is 0 Å². The molecule has 8 fully saturated rings. The minimum absolute atomic E-state index is 0.0235. The van der Waals surface area contributed by atoms with Gasteiger partial charge in [-0.2, -0.15) is 0 Å². The molecule has 8 atom stereocenters. The van der Waals surface area contributed by atoms with Crippen LogP contribution in [0.15, 0.2) is 60.7 Å². The van der Waals surface area contributed by atoms with Crippen LogP contribution in [-0.2, 0) is 48.7 Å². The van der Waals surface area contributed by atoms with E-state index in [1.165, 1.54) is 11.1 Å². The summed E-state index contributed by atoms with van der Waals surface area (Å²) < 4.78 is 87.4. The van der Waals surface area contributed by atoms with Crippen LogP contribution < -0.4 is 37.9 Å². The fourth-order valence-corrected chi connectivity index (χ4v) is 7.66. The molecular formula is C60H80O16. The lowest BCUT2D eigenvalue weighted by atomic mass is 9.81. The first-order chi connectivity index (χ1) is 36.5. The molecule has 12 rings (SSSR count). The van der Waals surface area contributed by atoms with Crippen LogP contribution in [0.3, 0.4) is 0 Å². The SMILES string of the molecule is CC(C)(C)c1cc(OCC2CO2)c(C(C)(C)C)cc1OCC1CO1.Cc1cc(OCC2CO2)c(C)c(C)c1OCC1CO1.Cc1cc(OCC2CO2)ccc1OCC1CO1.c1cc(OCC2CO2)ccc1OCC1CO1. The predicted octanol–water partition coefficient (Wildman–Crippen LogP) is 8.80. The second kappa shape index (κ2) is 25.2. The molecule has 16 heteroatoms. The molecule has 0 saturated carbocycles. The topological polar surface area (TPSA) is 174 Å². The van der Waals surface area contributed by atoms with Gasteiger partial charge in [-0.3, -0.25) is 0 Å². The van der Waals surface area contributed by atoms with Crippen molar-refractivity contribution in [2.24, 2.45) is 0 Å². The van der Waals surface area contributed by atoms with Crippen LogP contribution in [0, 0.1) is 27.7 Å². The molecule has 8 saturated heterocycles. The molecule has 8 heterocycles. The highest BCUT2D eigenvalue weighted by atomic mass is 16.6. The van der Waals surface area contributed by atoms with E-state index in [2.05, 4.69) is 74.4 Å². The van der Waals surface area contributed by atoms with Gasteiger partial charge in [0.1, 0.15) is 148 Å². The monoisotopic (exact) mass is 1060 g/mol. The van der Waals surface area contributed by atoms with Crippen molar-refractivity contribution in [1.82, 2.24) is 0 Å². The van der Waals surface area contributed by atoms with Crippen molar-refractivity contribution >= 4 is 0 Å². The summed E-state index contributed by atoms with van der Waals surface area (Å²) in [4.78, 5) is 0. The molecule has 16 nitrogen and oxygen atoms in total. The van der Waals surface area contributed by atoms with Crippen LogP contribution >= 0.6 is 0 Å². The van der Waals surface area contributed by atoms with Crippen molar-refractivity contribution in [3.63, 3.8) is 0 Å². The summed E-state index contributed by atoms with van der Waals surface area (Å²) >= 11 is 0. The molecule has 0 aromatic heterocycles. The van der Waals surface area contributed by atoms with E-state index < -0.39 is 0 Å². The van der Waals surface area contributed by atoms with E-state index in [4.69, 9.17) is 75.8 Å². The van der Waals surface area contributed by atoms with E-state index in [0.717, 1.165) is 121 Å². The number of epoxide rings is 8. The molecular weight excluding hydrogens is 977 g/mol. The van der Waals surface area contributed by atoms with Crippen molar-refractivity contribution in [2.45, 2.75) is 129 Å². The van der Waals surface area contributed by atoms with Gasteiger partial charge in [0.2, 0.25) is 0 Å². The van der Waals surface area contributed by atoms with Crippen molar-refractivity contribution in [3.05, 3.63) is 94.0 Å². The van der Waals surface area contributed by atoms with E-state index in [9.17, 15) is 0 Å². The molecule has 0 amide bonds. The van der Waals surface area contributed by atoms with Gasteiger partial charge in [-0.25, -0.2) is 0 Å². The zero-order valence-corrected chi connectivity index (χ0v) is 46.2. The summed E-state index contributed by atoms with van der Waals surface area (Å²) in [6, 6.07) is 19.9. The summed E-state index contributed by atoms with van der Waals surface area (Å²) in [5.74, 6) is 7.25. The third-order valence-electron chi connectivity index (χ3n) is 13.3. The highest BCUT2D eigenvalue weighted by Gasteiger charge is 2.32. The van der Waals surface area contributed by atoms with Gasteiger partial charge in [0, 0.05) is 11.1 Å². The number of hydrogen-bond donors (Lipinski definition) is 0. The normalized spacial score (nSPS) is 24.6. The van der Waals surface area contributed by atoms with Crippen LogP contribution in [0.5, 0.6) is 46.0 Å². The zero-order valence-electron chi connectivity index (χ0n) is 46.2. The van der Waals surface area contributed by atoms with Crippen LogP contribution in [0.25, 0.3) is 0 Å². The zero-order chi connectivity index (χ0) is 53.4. The number of rotatable bonds is 24. The smallest absolute Gasteiger partial charge is 0.125 e. The van der Waals surface area contributed by atoms with E-state index in [0.29, 0.717) is 71.2 Å². The van der Waals surface area contributed by atoms with Crippen molar-refractivity contribution in [1.29, 1.82) is 0 Å². The van der Waals surface area contributed by atoms with Crippen LogP contribution in [0.4, 0.5) is 0 Å². The molecule has 76 heavy (non-hydrogen) atoms. The number of benzene rings is 4. The molecule has 0 aliphatic carbocycles. The first kappa shape index (κ1) is 55.7. The maximum Gasteiger partial charge on any atom is 0.125 e. The number of ether oxygens (including phenoxy) is 16. The molecule has 0 bridgehead atoms. The van der Waals surface area contributed by atoms with Gasteiger partial charge < -0.3 is 75.8 Å². The Morgan fingerprint density at radius 3 is 0.974 bits per heavy atom. The Kier molecular flexibility index (Phi) is 18.5. The largest absolute Gasteiger partial charge is 0.491 e. The quantitative estimate of drug-likeness (QED) is 0.0609. The standard InChI is InChI=1S/C20H30O4.C15H20O4.C13H16O4.C12H14O4/c1-19(2,3)15-7-18(24-12-14-10-22-14)16(20(4,5)6)8-17(15)23-11-13-9-21-13;1-9-4-14(18-7-12-5-16-12)10(2)11(3)15(9)19-8-13-6-17-13;1-9-4-10(14-5-11-6-15-11)2-3-13(9)17-8-12-7-16-12;1-2-10(14-6-12-8-16-12)4-3-9(1)13-5-11-7-15-11/h7-8,13-14H,9-12H2,1-6H3;4,12-13H,5-8H2,1-3H3;2-4,11-12H,5-8H2,1H3;1-4,11-12H,5-8H2. The van der Waals surface area contributed by atoms with Crippen molar-refractivity contribution in [2.75, 3.05) is 106 Å². The first-order valence-corrected chi connectivity index (χ1v) is 27.0. The van der Waals surface area contributed by atoms with E-state index in [1.807, 2.05) is 55.5 Å². The van der Waals surface area contributed by atoms with Crippen LogP contribution in [0.2, 0.25) is 0 Å². The first-order valence-electron chi connectivity index (χ1n) is 27.0. The molecule has 0 spiro atoms. The number of aryl methyl sites for hydroxylation is 2. The molecule has 416 valence electrons. The van der Waals surface area contributed by atoms with Crippen LogP contribution in [0.1, 0.15) is 74.9 Å². The average molecular weight is 1060 g/mol. The molecule has 4 aromatic carbocycles. The Hall–Kier alpha value is -5.04. The van der Waals surface area contributed by atoms with E-state index in [1.54, 1.807) is 0 Å². The summed E-state index contributed by atoms with van der Waals surface area (Å²) in [6.07, 6.45) is 2.23. The minimum atomic E-state index is -0.0235. The third kappa shape index (κ3) is 18.9. The fraction of sp³-hybridized carbons (Fsp3) is 0.600. The van der Waals surface area contributed by atoms with Gasteiger partial charge >= 0.3 is 0 Å². The van der Waals surface area contributed by atoms with Gasteiger partial charge in [-0.1, -0.05) is 41.5 Å². The molecule has 8 aliphatic heterocycles. The van der Waals surface area contributed by atoms with Gasteiger partial charge in [0.25, 0.3) is 0 Å². The summed E-state index contributed by atoms with van der Waals surface area (Å²) in [7, 11) is 0. The van der Waals surface area contributed by atoms with Crippen molar-refractivity contribution in [3.8, 4) is 46.0 Å². The Balaban J connectivity index is 0.000000125. The second-order valence-corrected chi connectivity index (χ2v) is 22.6. The molecule has 0 radical (unpaired) electrons. The highest BCUT2D eigenvalue weighted by Crippen LogP contribution is 2.42. The lowest BCUT2D eigenvalue weighted by molar-refractivity contribution is 0.249. The number of hydrogen-bond acceptors (Lipinski definition) is 16. The lowest BCUT2D eigenvalue weighted by Gasteiger charge is -2.29. The molecule has 0 N–H and O–H groups in total. The second-order valence-electron chi connectivity index (χ2n) is 22.6. The molecule has 8 aliphatic rings. The molecule has 8 unspecified atom stereocenters.